The van der Waals surface area contributed by atoms with Crippen molar-refractivity contribution in [3.8, 4) is 0 Å². The Labute approximate surface area is 117 Å². The number of fused-ring (bicyclic) bond motifs is 1. The largest absolute Gasteiger partial charge is 0.369 e. The zero-order chi connectivity index (χ0) is 15.7. The van der Waals surface area contributed by atoms with E-state index < -0.39 is 23.1 Å². The van der Waals surface area contributed by atoms with Crippen LogP contribution in [0.2, 0.25) is 0 Å². The van der Waals surface area contributed by atoms with Crippen LogP contribution in [0.4, 0.5) is 0 Å². The molecule has 112 valence electrons. The van der Waals surface area contributed by atoms with E-state index in [2.05, 4.69) is 15.8 Å². The normalized spacial score (nSPS) is 10.6. The van der Waals surface area contributed by atoms with E-state index in [9.17, 15) is 14.4 Å². The van der Waals surface area contributed by atoms with Crippen molar-refractivity contribution >= 4 is 23.0 Å². The van der Waals surface area contributed by atoms with Gasteiger partial charge in [-0.05, 0) is 0 Å². The summed E-state index contributed by atoms with van der Waals surface area (Å²) < 4.78 is 3.47. The highest BCUT2D eigenvalue weighted by Crippen LogP contribution is 2.04. The second-order valence-corrected chi connectivity index (χ2v) is 4.34. The number of hydrogen-bond acceptors (Lipinski definition) is 5. The summed E-state index contributed by atoms with van der Waals surface area (Å²) in [5.74, 6) is -0.947. The van der Waals surface area contributed by atoms with Gasteiger partial charge in [0.05, 0.1) is 6.33 Å². The second kappa shape index (κ2) is 5.11. The van der Waals surface area contributed by atoms with Crippen LogP contribution in [0.25, 0.3) is 11.2 Å². The first kappa shape index (κ1) is 14.3. The summed E-state index contributed by atoms with van der Waals surface area (Å²) in [6, 6.07) is 0. The third-order valence-electron chi connectivity index (χ3n) is 2.87. The summed E-state index contributed by atoms with van der Waals surface area (Å²) in [4.78, 5) is 39.5. The Hall–Kier alpha value is -3.11. The lowest BCUT2D eigenvalue weighted by Gasteiger charge is -2.08. The third kappa shape index (κ3) is 2.48. The molecule has 2 heterocycles. The fourth-order valence-corrected chi connectivity index (χ4v) is 1.85. The van der Waals surface area contributed by atoms with Crippen LogP contribution in [0.3, 0.4) is 0 Å². The summed E-state index contributed by atoms with van der Waals surface area (Å²) in [7, 11) is 2.83. The van der Waals surface area contributed by atoms with Gasteiger partial charge in [0.25, 0.3) is 11.5 Å². The Balaban J connectivity index is 2.43. The van der Waals surface area contributed by atoms with Crippen molar-refractivity contribution in [2.24, 2.45) is 19.8 Å². The second-order valence-electron chi connectivity index (χ2n) is 4.34. The van der Waals surface area contributed by atoms with E-state index in [1.165, 1.54) is 29.6 Å². The summed E-state index contributed by atoms with van der Waals surface area (Å²) in [6.45, 7) is -0.218. The first-order valence-corrected chi connectivity index (χ1v) is 5.82. The van der Waals surface area contributed by atoms with Crippen molar-refractivity contribution in [1.29, 1.82) is 5.41 Å². The summed E-state index contributed by atoms with van der Waals surface area (Å²) in [5, 5.41) is 6.92. The molecule has 0 atom stereocenters. The predicted molar refractivity (Wildman–Crippen MR) is 73.4 cm³/mol. The number of guanidine groups is 1. The fourth-order valence-electron chi connectivity index (χ4n) is 1.85. The smallest absolute Gasteiger partial charge is 0.332 e. The molecule has 11 nitrogen and oxygen atoms in total. The van der Waals surface area contributed by atoms with Crippen molar-refractivity contribution in [2.75, 3.05) is 0 Å². The summed E-state index contributed by atoms with van der Waals surface area (Å²) in [5.41, 5.74) is 8.64. The van der Waals surface area contributed by atoms with E-state index in [0.717, 1.165) is 4.57 Å². The lowest BCUT2D eigenvalue weighted by atomic mass is 10.4. The van der Waals surface area contributed by atoms with Gasteiger partial charge in [0.2, 0.25) is 5.96 Å². The van der Waals surface area contributed by atoms with Gasteiger partial charge in [-0.2, -0.15) is 0 Å². The van der Waals surface area contributed by atoms with E-state index in [0.29, 0.717) is 0 Å². The van der Waals surface area contributed by atoms with E-state index >= 15 is 0 Å². The number of nitrogens with two attached hydrogens (primary N) is 1. The van der Waals surface area contributed by atoms with Gasteiger partial charge in [-0.1, -0.05) is 0 Å². The molecule has 2 aromatic heterocycles. The quantitative estimate of drug-likeness (QED) is 0.262. The van der Waals surface area contributed by atoms with Crippen molar-refractivity contribution in [3.05, 3.63) is 27.2 Å². The first-order valence-electron chi connectivity index (χ1n) is 5.82. The molecule has 0 bridgehead atoms. The molecule has 11 heteroatoms. The predicted octanol–water partition coefficient (Wildman–Crippen LogP) is -3.05. The van der Waals surface area contributed by atoms with Gasteiger partial charge < -0.3 is 10.3 Å². The molecule has 2 rings (SSSR count). The van der Waals surface area contributed by atoms with Gasteiger partial charge in [-0.25, -0.2) is 9.78 Å². The zero-order valence-electron chi connectivity index (χ0n) is 11.4. The molecule has 21 heavy (non-hydrogen) atoms. The minimum absolute atomic E-state index is 0.137. The van der Waals surface area contributed by atoms with Gasteiger partial charge in [-0.15, -0.1) is 0 Å². The van der Waals surface area contributed by atoms with Crippen LogP contribution in [0.1, 0.15) is 0 Å². The molecule has 0 saturated carbocycles. The lowest BCUT2D eigenvalue weighted by molar-refractivity contribution is -0.122. The van der Waals surface area contributed by atoms with Crippen molar-refractivity contribution in [2.45, 2.75) is 6.54 Å². The summed E-state index contributed by atoms with van der Waals surface area (Å²) >= 11 is 0. The molecule has 0 radical (unpaired) electrons. The van der Waals surface area contributed by atoms with Crippen LogP contribution < -0.4 is 27.8 Å². The van der Waals surface area contributed by atoms with Crippen LogP contribution in [-0.4, -0.2) is 30.6 Å². The Bertz CT molecular complexity index is 842. The minimum atomic E-state index is -0.544. The number of aryl methyl sites for hydroxylation is 1. The van der Waals surface area contributed by atoms with E-state index in [1.807, 2.05) is 0 Å². The fraction of sp³-hybridized carbons (Fsp3) is 0.300. The van der Waals surface area contributed by atoms with Gasteiger partial charge in [0.1, 0.15) is 6.54 Å². The van der Waals surface area contributed by atoms with Gasteiger partial charge in [0, 0.05) is 14.1 Å². The van der Waals surface area contributed by atoms with Crippen molar-refractivity contribution in [3.63, 3.8) is 0 Å². The molecule has 0 aromatic carbocycles. The van der Waals surface area contributed by atoms with Gasteiger partial charge in [-0.3, -0.25) is 35.0 Å². The molecule has 0 spiro atoms. The van der Waals surface area contributed by atoms with Crippen LogP contribution >= 0.6 is 0 Å². The molecule has 0 unspecified atom stereocenters. The molecule has 5 N–H and O–H groups in total. The number of rotatable bonds is 2. The Morgan fingerprint density at radius 3 is 2.62 bits per heavy atom. The van der Waals surface area contributed by atoms with Crippen LogP contribution in [0, 0.1) is 5.41 Å². The molecule has 2 aromatic rings. The Morgan fingerprint density at radius 2 is 2.00 bits per heavy atom. The first-order chi connectivity index (χ1) is 9.82. The molecule has 1 amide bonds. The lowest BCUT2D eigenvalue weighted by Crippen LogP contribution is -2.46. The number of hydrazine groups is 1. The van der Waals surface area contributed by atoms with Crippen molar-refractivity contribution < 1.29 is 4.79 Å². The highest BCUT2D eigenvalue weighted by atomic mass is 16.2. The monoisotopic (exact) mass is 294 g/mol. The SMILES string of the molecule is Cn1c(=O)c2c(ncn2CC(=O)NNC(=N)N)n(C)c1=O. The topological polar surface area (TPSA) is 153 Å². The van der Waals surface area contributed by atoms with Crippen molar-refractivity contribution in [1.82, 2.24) is 29.5 Å². The highest BCUT2D eigenvalue weighted by Gasteiger charge is 2.15. The van der Waals surface area contributed by atoms with Gasteiger partial charge in [0.15, 0.2) is 11.2 Å². The number of nitrogens with zero attached hydrogens (tertiary/aromatic N) is 4. The van der Waals surface area contributed by atoms with Gasteiger partial charge >= 0.3 is 5.69 Å². The third-order valence-corrected chi connectivity index (χ3v) is 2.87. The Morgan fingerprint density at radius 1 is 1.33 bits per heavy atom. The number of imidazole rings is 1. The molecule has 0 aliphatic rings. The molecule has 0 aliphatic carbocycles. The molecular weight excluding hydrogens is 280 g/mol. The average Bonchev–Trinajstić information content (AvgIpc) is 2.84. The number of nitrogens with one attached hydrogen (secondary N) is 3. The number of carbonyl (C=O) groups is 1. The molecule has 0 saturated heterocycles. The highest BCUT2D eigenvalue weighted by molar-refractivity contribution is 5.82. The maximum Gasteiger partial charge on any atom is 0.332 e. The number of carbonyl (C=O) groups excluding carboxylic acids is 1. The maximum absolute atomic E-state index is 12.1. The van der Waals surface area contributed by atoms with Crippen LogP contribution in [0.15, 0.2) is 15.9 Å². The maximum atomic E-state index is 12.1. The number of amides is 1. The number of aromatic nitrogens is 4. The average molecular weight is 294 g/mol. The molecular formula is C10H14N8O3. The van der Waals surface area contributed by atoms with E-state index in [1.54, 1.807) is 0 Å². The molecule has 0 aliphatic heterocycles. The minimum Gasteiger partial charge on any atom is -0.369 e. The van der Waals surface area contributed by atoms with Crippen LogP contribution in [0.5, 0.6) is 0 Å². The van der Waals surface area contributed by atoms with E-state index in [-0.39, 0.29) is 17.7 Å². The molecule has 0 fully saturated rings. The Kier molecular flexibility index (Phi) is 3.48. The zero-order valence-corrected chi connectivity index (χ0v) is 11.4. The van der Waals surface area contributed by atoms with Crippen LogP contribution in [-0.2, 0) is 25.4 Å². The number of hydrogen-bond donors (Lipinski definition) is 4. The standard InChI is InChI=1S/C10H14N8O3/c1-16-7-6(8(20)17(2)10(16)21)18(4-13-7)3-5(19)14-15-9(11)12/h4H,3H2,1-2H3,(H,14,19)(H4,11,12,15). The van der Waals surface area contributed by atoms with E-state index in [4.69, 9.17) is 11.1 Å². The summed E-state index contributed by atoms with van der Waals surface area (Å²) in [6.07, 6.45) is 1.29.